The lowest BCUT2D eigenvalue weighted by Gasteiger charge is -2.34. The normalized spacial score (nSPS) is 20.4. The van der Waals surface area contributed by atoms with Crippen LogP contribution in [0, 0.1) is 13.8 Å². The number of aryl methyl sites for hydroxylation is 3. The third-order valence-electron chi connectivity index (χ3n) is 6.75. The molecule has 9 nitrogen and oxygen atoms in total. The van der Waals surface area contributed by atoms with Gasteiger partial charge in [-0.05, 0) is 51.3 Å². The summed E-state index contributed by atoms with van der Waals surface area (Å²) in [6.45, 7) is 7.70. The van der Waals surface area contributed by atoms with Gasteiger partial charge < -0.3 is 10.2 Å². The fourth-order valence-corrected chi connectivity index (χ4v) is 4.75. The van der Waals surface area contributed by atoms with Crippen molar-refractivity contribution in [3.05, 3.63) is 70.8 Å². The minimum atomic E-state index is -1.08. The number of carbonyl (C=O) groups excluding carboxylic acids is 4. The monoisotopic (exact) mass is 491 g/mol. The van der Waals surface area contributed by atoms with E-state index in [1.807, 2.05) is 67.3 Å². The summed E-state index contributed by atoms with van der Waals surface area (Å²) < 4.78 is 0. The molecule has 1 atom stereocenters. The molecule has 1 unspecified atom stereocenters. The van der Waals surface area contributed by atoms with E-state index in [0.717, 1.165) is 21.7 Å². The van der Waals surface area contributed by atoms with E-state index in [1.165, 1.54) is 0 Å². The van der Waals surface area contributed by atoms with Crippen molar-refractivity contribution in [2.24, 2.45) is 0 Å². The highest BCUT2D eigenvalue weighted by atomic mass is 16.2. The third kappa shape index (κ3) is 5.73. The molecule has 190 valence electrons. The van der Waals surface area contributed by atoms with Crippen molar-refractivity contribution < 1.29 is 19.2 Å². The van der Waals surface area contributed by atoms with Gasteiger partial charge in [-0.25, -0.2) is 4.79 Å². The van der Waals surface area contributed by atoms with Crippen molar-refractivity contribution in [3.8, 4) is 0 Å². The summed E-state index contributed by atoms with van der Waals surface area (Å²) in [5.41, 5.74) is 5.21. The number of amides is 5. The number of rotatable bonds is 7. The van der Waals surface area contributed by atoms with Gasteiger partial charge in [-0.3, -0.25) is 24.7 Å². The van der Waals surface area contributed by atoms with Crippen LogP contribution in [0.5, 0.6) is 0 Å². The van der Waals surface area contributed by atoms with Crippen LogP contribution in [0.2, 0.25) is 0 Å². The topological polar surface area (TPSA) is 102 Å². The summed E-state index contributed by atoms with van der Waals surface area (Å²) in [5, 5.41) is 3.50. The van der Waals surface area contributed by atoms with Crippen molar-refractivity contribution in [2.45, 2.75) is 39.2 Å². The number of nitrogens with zero attached hydrogens (tertiary/aromatic N) is 3. The standard InChI is InChI=1S/C27H33N5O4/c1-19-15-20(2)17-22(16-19)24(34)31-13-11-30(12-14-31)18-23(33)29-32-25(35)27(3,28-26(32)36)10-9-21-7-5-4-6-8-21/h4-8,15-17H,9-14,18H2,1-3H3,(H,28,36)(H,29,33). The first-order chi connectivity index (χ1) is 17.1. The van der Waals surface area contributed by atoms with Gasteiger partial charge in [0.1, 0.15) is 5.54 Å². The first-order valence-corrected chi connectivity index (χ1v) is 12.2. The van der Waals surface area contributed by atoms with Crippen LogP contribution in [0.25, 0.3) is 0 Å². The molecule has 2 aromatic rings. The maximum atomic E-state index is 13.0. The van der Waals surface area contributed by atoms with E-state index >= 15 is 0 Å². The van der Waals surface area contributed by atoms with Crippen LogP contribution in [0.1, 0.15) is 40.4 Å². The fourth-order valence-electron chi connectivity index (χ4n) is 4.75. The molecule has 2 aliphatic heterocycles. The van der Waals surface area contributed by atoms with Crippen LogP contribution in [-0.4, -0.2) is 76.8 Å². The number of hydrogen-bond donors (Lipinski definition) is 2. The lowest BCUT2D eigenvalue weighted by Crippen LogP contribution is -2.54. The molecule has 0 bridgehead atoms. The Morgan fingerprint density at radius 2 is 1.61 bits per heavy atom. The molecule has 0 saturated carbocycles. The average molecular weight is 492 g/mol. The van der Waals surface area contributed by atoms with Gasteiger partial charge in [0.05, 0.1) is 6.54 Å². The van der Waals surface area contributed by atoms with Crippen LogP contribution in [0.15, 0.2) is 48.5 Å². The second-order valence-electron chi connectivity index (χ2n) is 9.87. The summed E-state index contributed by atoms with van der Waals surface area (Å²) in [7, 11) is 0. The van der Waals surface area contributed by atoms with Crippen molar-refractivity contribution in [2.75, 3.05) is 32.7 Å². The van der Waals surface area contributed by atoms with E-state index in [4.69, 9.17) is 0 Å². The summed E-state index contributed by atoms with van der Waals surface area (Å²) in [5.74, 6) is -0.930. The van der Waals surface area contributed by atoms with E-state index in [0.29, 0.717) is 44.6 Å². The highest BCUT2D eigenvalue weighted by Crippen LogP contribution is 2.22. The highest BCUT2D eigenvalue weighted by Gasteiger charge is 2.48. The Hall–Kier alpha value is -3.72. The van der Waals surface area contributed by atoms with E-state index in [-0.39, 0.29) is 12.5 Å². The average Bonchev–Trinajstić information content (AvgIpc) is 3.06. The lowest BCUT2D eigenvalue weighted by molar-refractivity contribution is -0.139. The quantitative estimate of drug-likeness (QED) is 0.577. The smallest absolute Gasteiger partial charge is 0.336 e. The van der Waals surface area contributed by atoms with Crippen LogP contribution in [0.3, 0.4) is 0 Å². The number of imide groups is 1. The number of hydrazine groups is 1. The first kappa shape index (κ1) is 25.4. The maximum Gasteiger partial charge on any atom is 0.344 e. The molecule has 36 heavy (non-hydrogen) atoms. The predicted octanol–water partition coefficient (Wildman–Crippen LogP) is 2.04. The molecule has 2 aliphatic rings. The van der Waals surface area contributed by atoms with Crippen LogP contribution in [0.4, 0.5) is 4.79 Å². The molecular formula is C27H33N5O4. The second kappa shape index (κ2) is 10.5. The van der Waals surface area contributed by atoms with Crippen LogP contribution < -0.4 is 10.7 Å². The molecule has 0 aromatic heterocycles. The molecule has 2 fully saturated rings. The molecule has 9 heteroatoms. The van der Waals surface area contributed by atoms with Crippen LogP contribution in [-0.2, 0) is 16.0 Å². The Labute approximate surface area is 211 Å². The highest BCUT2D eigenvalue weighted by molar-refractivity contribution is 6.07. The largest absolute Gasteiger partial charge is 0.344 e. The molecule has 0 radical (unpaired) electrons. The van der Waals surface area contributed by atoms with Gasteiger partial charge in [0.15, 0.2) is 0 Å². The van der Waals surface area contributed by atoms with E-state index in [9.17, 15) is 19.2 Å². The maximum absolute atomic E-state index is 13.0. The second-order valence-corrected chi connectivity index (χ2v) is 9.87. The van der Waals surface area contributed by atoms with Gasteiger partial charge in [-0.1, -0.05) is 47.5 Å². The first-order valence-electron chi connectivity index (χ1n) is 12.2. The molecule has 0 spiro atoms. The Kier molecular flexibility index (Phi) is 7.40. The summed E-state index contributed by atoms with van der Waals surface area (Å²) in [4.78, 5) is 54.7. The van der Waals surface area contributed by atoms with Gasteiger partial charge in [-0.2, -0.15) is 5.01 Å². The zero-order chi connectivity index (χ0) is 25.9. The summed E-state index contributed by atoms with van der Waals surface area (Å²) >= 11 is 0. The predicted molar refractivity (Wildman–Crippen MR) is 135 cm³/mol. The van der Waals surface area contributed by atoms with Crippen molar-refractivity contribution >= 4 is 23.8 Å². The third-order valence-corrected chi connectivity index (χ3v) is 6.75. The van der Waals surface area contributed by atoms with E-state index in [2.05, 4.69) is 10.7 Å². The molecule has 2 N–H and O–H groups in total. The summed E-state index contributed by atoms with van der Waals surface area (Å²) in [6.07, 6.45) is 1.04. The molecule has 2 aromatic carbocycles. The number of nitrogens with one attached hydrogen (secondary N) is 2. The molecule has 5 amide bonds. The van der Waals surface area contributed by atoms with Crippen molar-refractivity contribution in [3.63, 3.8) is 0 Å². The van der Waals surface area contributed by atoms with Crippen molar-refractivity contribution in [1.82, 2.24) is 25.6 Å². The SMILES string of the molecule is Cc1cc(C)cc(C(=O)N2CCN(CC(=O)NN3C(=O)NC(C)(CCc4ccccc4)C3=O)CC2)c1. The van der Waals surface area contributed by atoms with Crippen molar-refractivity contribution in [1.29, 1.82) is 0 Å². The number of urea groups is 1. The Morgan fingerprint density at radius 1 is 0.972 bits per heavy atom. The number of piperazine rings is 1. The van der Waals surface area contributed by atoms with E-state index in [1.54, 1.807) is 11.8 Å². The Balaban J connectivity index is 1.26. The number of carbonyl (C=O) groups is 4. The zero-order valence-electron chi connectivity index (χ0n) is 21.0. The molecule has 4 rings (SSSR count). The van der Waals surface area contributed by atoms with Gasteiger partial charge in [0.2, 0.25) is 0 Å². The molecule has 2 heterocycles. The zero-order valence-corrected chi connectivity index (χ0v) is 21.0. The minimum Gasteiger partial charge on any atom is -0.336 e. The van der Waals surface area contributed by atoms with Gasteiger partial charge in [0.25, 0.3) is 17.7 Å². The lowest BCUT2D eigenvalue weighted by atomic mass is 9.93. The Bertz CT molecular complexity index is 1140. The number of benzene rings is 2. The van der Waals surface area contributed by atoms with Gasteiger partial charge in [0, 0.05) is 31.7 Å². The van der Waals surface area contributed by atoms with Gasteiger partial charge >= 0.3 is 6.03 Å². The Morgan fingerprint density at radius 3 is 2.25 bits per heavy atom. The van der Waals surface area contributed by atoms with Crippen LogP contribution >= 0.6 is 0 Å². The molecule has 0 aliphatic carbocycles. The molecular weight excluding hydrogens is 458 g/mol. The van der Waals surface area contributed by atoms with Gasteiger partial charge in [-0.15, -0.1) is 0 Å². The summed E-state index contributed by atoms with van der Waals surface area (Å²) in [6, 6.07) is 14.9. The fraction of sp³-hybridized carbons (Fsp3) is 0.407. The number of hydrogen-bond acceptors (Lipinski definition) is 5. The minimum absolute atomic E-state index is 0.0139. The van der Waals surface area contributed by atoms with E-state index < -0.39 is 23.4 Å². The molecule has 2 saturated heterocycles.